The summed E-state index contributed by atoms with van der Waals surface area (Å²) in [6.07, 6.45) is 0. The normalized spacial score (nSPS) is 14.6. The van der Waals surface area contributed by atoms with Crippen LogP contribution in [0.2, 0.25) is 0 Å². The summed E-state index contributed by atoms with van der Waals surface area (Å²) >= 11 is 0. The molecule has 1 aliphatic rings. The molecule has 0 atom stereocenters. The molecule has 0 spiro atoms. The Bertz CT molecular complexity index is 1380. The van der Waals surface area contributed by atoms with Crippen molar-refractivity contribution in [2.45, 2.75) is 19.3 Å². The van der Waals surface area contributed by atoms with Gasteiger partial charge >= 0.3 is 0 Å². The lowest BCUT2D eigenvalue weighted by molar-refractivity contribution is 0.646. The quantitative estimate of drug-likeness (QED) is 0.256. The Morgan fingerprint density at radius 1 is 0.481 bits per heavy atom. The summed E-state index contributed by atoms with van der Waals surface area (Å²) in [5, 5.41) is 8.01. The first-order chi connectivity index (χ1) is 13.1. The van der Waals surface area contributed by atoms with E-state index in [0.29, 0.717) is 0 Å². The lowest BCUT2D eigenvalue weighted by Crippen LogP contribution is -2.23. The van der Waals surface area contributed by atoms with Gasteiger partial charge in [0.25, 0.3) is 0 Å². The van der Waals surface area contributed by atoms with E-state index in [0.717, 1.165) is 0 Å². The van der Waals surface area contributed by atoms with E-state index in [1.54, 1.807) is 0 Å². The molecule has 5 aromatic carbocycles. The molecule has 0 aliphatic heterocycles. The molecule has 0 heteroatoms. The van der Waals surface area contributed by atoms with E-state index in [-0.39, 0.29) is 5.41 Å². The highest BCUT2D eigenvalue weighted by molar-refractivity contribution is 6.07. The van der Waals surface area contributed by atoms with E-state index in [4.69, 9.17) is 0 Å². The minimum atomic E-state index is -0.0109. The minimum absolute atomic E-state index is 0.0109. The fourth-order valence-electron chi connectivity index (χ4n) is 4.96. The Hall–Kier alpha value is -3.12. The van der Waals surface area contributed by atoms with Crippen molar-refractivity contribution in [3.63, 3.8) is 0 Å². The van der Waals surface area contributed by atoms with Gasteiger partial charge in [-0.2, -0.15) is 0 Å². The zero-order valence-corrected chi connectivity index (χ0v) is 15.6. The van der Waals surface area contributed by atoms with Gasteiger partial charge in [-0.3, -0.25) is 0 Å². The van der Waals surface area contributed by atoms with Crippen LogP contribution in [0.5, 0.6) is 0 Å². The number of rotatable bonds is 0. The molecule has 0 nitrogen and oxygen atoms in total. The lowest BCUT2D eigenvalue weighted by Gasteiger charge is -2.35. The van der Waals surface area contributed by atoms with Gasteiger partial charge in [0.05, 0.1) is 0 Å². The molecule has 1 aliphatic carbocycles. The zero-order valence-electron chi connectivity index (χ0n) is 15.6. The van der Waals surface area contributed by atoms with Gasteiger partial charge in [-0.05, 0) is 78.8 Å². The van der Waals surface area contributed by atoms with Crippen LogP contribution in [0.25, 0.3) is 43.4 Å². The summed E-state index contributed by atoms with van der Waals surface area (Å²) in [5.41, 5.74) is 5.60. The first kappa shape index (κ1) is 15.0. The summed E-state index contributed by atoms with van der Waals surface area (Å²) in [6.45, 7) is 4.73. The van der Waals surface area contributed by atoms with Crippen LogP contribution >= 0.6 is 0 Å². The molecule has 0 aromatic heterocycles. The molecule has 6 rings (SSSR count). The Kier molecular flexibility index (Phi) is 2.77. The fourth-order valence-corrected chi connectivity index (χ4v) is 4.96. The third kappa shape index (κ3) is 1.93. The predicted molar refractivity (Wildman–Crippen MR) is 117 cm³/mol. The Balaban J connectivity index is 1.80. The highest BCUT2D eigenvalue weighted by atomic mass is 14.4. The van der Waals surface area contributed by atoms with Crippen LogP contribution in [0.1, 0.15) is 25.0 Å². The van der Waals surface area contributed by atoms with Crippen LogP contribution in [0.4, 0.5) is 0 Å². The minimum Gasteiger partial charge on any atom is -0.0616 e. The van der Waals surface area contributed by atoms with Crippen molar-refractivity contribution in [1.29, 1.82) is 0 Å². The van der Waals surface area contributed by atoms with Gasteiger partial charge in [-0.1, -0.05) is 74.5 Å². The predicted octanol–water partition coefficient (Wildman–Crippen LogP) is 7.45. The molecule has 27 heavy (non-hydrogen) atoms. The van der Waals surface area contributed by atoms with Gasteiger partial charge in [0, 0.05) is 5.41 Å². The maximum absolute atomic E-state index is 2.42. The highest BCUT2D eigenvalue weighted by Gasteiger charge is 2.33. The standard InChI is InChI=1S/C27H20/c1-27(2)24-12-6-10-17-9-5-11-22(26(17)24)23-15-20-13-18-7-3-4-8-19(18)14-21(20)16-25(23)27/h3-16H,1-2H3. The molecule has 128 valence electrons. The van der Waals surface area contributed by atoms with E-state index in [1.165, 1.54) is 54.6 Å². The SMILES string of the molecule is CC1(C)c2cc3cc4ccccc4cc3cc2-c2cccc3cccc1c23. The lowest BCUT2D eigenvalue weighted by atomic mass is 9.68. The Morgan fingerprint density at radius 3 is 1.85 bits per heavy atom. The summed E-state index contributed by atoms with van der Waals surface area (Å²) in [5.74, 6) is 0. The molecular formula is C27H20. The number of fused-ring (bicyclic) bond motifs is 4. The molecule has 0 saturated carbocycles. The van der Waals surface area contributed by atoms with Crippen molar-refractivity contribution in [1.82, 2.24) is 0 Å². The largest absolute Gasteiger partial charge is 0.0616 e. The molecule has 0 bridgehead atoms. The maximum atomic E-state index is 2.42. The highest BCUT2D eigenvalue weighted by Crippen LogP contribution is 2.49. The molecule has 5 aromatic rings. The van der Waals surface area contributed by atoms with E-state index < -0.39 is 0 Å². The van der Waals surface area contributed by atoms with Gasteiger partial charge in [0.1, 0.15) is 0 Å². The topological polar surface area (TPSA) is 0 Å². The molecule has 0 saturated heterocycles. The second-order valence-electron chi connectivity index (χ2n) is 8.28. The van der Waals surface area contributed by atoms with Crippen LogP contribution in [-0.4, -0.2) is 0 Å². The second kappa shape index (κ2) is 4.98. The van der Waals surface area contributed by atoms with Crippen molar-refractivity contribution in [3.8, 4) is 11.1 Å². The number of hydrogen-bond acceptors (Lipinski definition) is 0. The smallest absolute Gasteiger partial charge is 0.0159 e. The fraction of sp³-hybridized carbons (Fsp3) is 0.111. The van der Waals surface area contributed by atoms with Crippen LogP contribution in [0, 0.1) is 0 Å². The number of hydrogen-bond donors (Lipinski definition) is 0. The molecular weight excluding hydrogens is 324 g/mol. The summed E-state index contributed by atoms with van der Waals surface area (Å²) in [4.78, 5) is 0. The third-order valence-electron chi connectivity index (χ3n) is 6.38. The van der Waals surface area contributed by atoms with Crippen LogP contribution in [0.15, 0.2) is 84.9 Å². The van der Waals surface area contributed by atoms with E-state index in [9.17, 15) is 0 Å². The summed E-state index contributed by atoms with van der Waals surface area (Å²) in [7, 11) is 0. The van der Waals surface area contributed by atoms with E-state index in [2.05, 4.69) is 98.8 Å². The molecule has 0 radical (unpaired) electrons. The average molecular weight is 344 g/mol. The summed E-state index contributed by atoms with van der Waals surface area (Å²) in [6, 6.07) is 31.6. The third-order valence-corrected chi connectivity index (χ3v) is 6.38. The average Bonchev–Trinajstić information content (AvgIpc) is 2.69. The second-order valence-corrected chi connectivity index (χ2v) is 8.28. The van der Waals surface area contributed by atoms with Crippen molar-refractivity contribution < 1.29 is 0 Å². The number of benzene rings is 5. The molecule has 0 heterocycles. The van der Waals surface area contributed by atoms with Gasteiger partial charge in [-0.25, -0.2) is 0 Å². The first-order valence-electron chi connectivity index (χ1n) is 9.62. The van der Waals surface area contributed by atoms with E-state index >= 15 is 0 Å². The van der Waals surface area contributed by atoms with Gasteiger partial charge < -0.3 is 0 Å². The zero-order chi connectivity index (χ0) is 18.2. The van der Waals surface area contributed by atoms with Gasteiger partial charge in [0.2, 0.25) is 0 Å². The van der Waals surface area contributed by atoms with Gasteiger partial charge in [-0.15, -0.1) is 0 Å². The summed E-state index contributed by atoms with van der Waals surface area (Å²) < 4.78 is 0. The monoisotopic (exact) mass is 344 g/mol. The first-order valence-corrected chi connectivity index (χ1v) is 9.62. The van der Waals surface area contributed by atoms with Crippen LogP contribution in [-0.2, 0) is 5.41 Å². The van der Waals surface area contributed by atoms with Crippen LogP contribution in [0.3, 0.4) is 0 Å². The van der Waals surface area contributed by atoms with Crippen molar-refractivity contribution >= 4 is 32.3 Å². The van der Waals surface area contributed by atoms with Crippen molar-refractivity contribution in [3.05, 3.63) is 96.1 Å². The molecule has 0 fully saturated rings. The molecule has 0 amide bonds. The van der Waals surface area contributed by atoms with Crippen LogP contribution < -0.4 is 0 Å². The van der Waals surface area contributed by atoms with Crippen molar-refractivity contribution in [2.75, 3.05) is 0 Å². The van der Waals surface area contributed by atoms with E-state index in [1.807, 2.05) is 0 Å². The Morgan fingerprint density at radius 2 is 1.11 bits per heavy atom. The van der Waals surface area contributed by atoms with Gasteiger partial charge in [0.15, 0.2) is 0 Å². The maximum Gasteiger partial charge on any atom is 0.0159 e. The molecule has 0 unspecified atom stereocenters. The van der Waals surface area contributed by atoms with Crippen molar-refractivity contribution in [2.24, 2.45) is 0 Å². The Labute approximate surface area is 159 Å². The molecule has 0 N–H and O–H groups in total.